The maximum absolute atomic E-state index is 12.5. The molecule has 1 unspecified atom stereocenters. The van der Waals surface area contributed by atoms with Gasteiger partial charge in [-0.25, -0.2) is 4.79 Å². The molecule has 0 saturated carbocycles. The van der Waals surface area contributed by atoms with Gasteiger partial charge in [-0.05, 0) is 30.4 Å². The van der Waals surface area contributed by atoms with Crippen LogP contribution in [0.3, 0.4) is 0 Å². The predicted molar refractivity (Wildman–Crippen MR) is 95.2 cm³/mol. The van der Waals surface area contributed by atoms with Crippen LogP contribution in [0.1, 0.15) is 24.0 Å². The summed E-state index contributed by atoms with van der Waals surface area (Å²) in [6, 6.07) is 16.6. The Morgan fingerprint density at radius 1 is 1.16 bits per heavy atom. The van der Waals surface area contributed by atoms with Gasteiger partial charge in [-0.1, -0.05) is 42.5 Å². The number of carbonyl (C=O) groups excluding carboxylic acids is 1. The molecule has 1 heterocycles. The van der Waals surface area contributed by atoms with Crippen molar-refractivity contribution in [2.75, 3.05) is 6.54 Å². The first-order valence-corrected chi connectivity index (χ1v) is 8.45. The largest absolute Gasteiger partial charge is 0.334 e. The van der Waals surface area contributed by atoms with Crippen LogP contribution >= 0.6 is 0 Å². The van der Waals surface area contributed by atoms with Gasteiger partial charge in [-0.3, -0.25) is 10.1 Å². The zero-order valence-corrected chi connectivity index (χ0v) is 13.9. The first-order chi connectivity index (χ1) is 12.1. The Kier molecular flexibility index (Phi) is 5.28. The highest BCUT2D eigenvalue weighted by Gasteiger charge is 2.28. The highest BCUT2D eigenvalue weighted by molar-refractivity contribution is 5.75. The molecule has 2 aromatic rings. The smallest absolute Gasteiger partial charge is 0.317 e. The molecular weight excluding hydrogens is 318 g/mol. The number of nitrogens with one attached hydrogen (secondary N) is 1. The van der Waals surface area contributed by atoms with Crippen LogP contribution in [0.15, 0.2) is 54.6 Å². The van der Waals surface area contributed by atoms with Gasteiger partial charge in [-0.15, -0.1) is 0 Å². The van der Waals surface area contributed by atoms with Gasteiger partial charge >= 0.3 is 6.03 Å². The van der Waals surface area contributed by atoms with Crippen molar-refractivity contribution >= 4 is 11.7 Å². The summed E-state index contributed by atoms with van der Waals surface area (Å²) in [5, 5.41) is 13.7. The number of amides is 2. The van der Waals surface area contributed by atoms with Crippen LogP contribution in [-0.2, 0) is 13.0 Å². The van der Waals surface area contributed by atoms with Gasteiger partial charge in [0.2, 0.25) is 0 Å². The van der Waals surface area contributed by atoms with E-state index in [1.165, 1.54) is 17.7 Å². The van der Waals surface area contributed by atoms with E-state index in [9.17, 15) is 14.9 Å². The van der Waals surface area contributed by atoms with Crippen molar-refractivity contribution < 1.29 is 9.72 Å². The van der Waals surface area contributed by atoms with Gasteiger partial charge in [0.15, 0.2) is 0 Å². The fourth-order valence-electron chi connectivity index (χ4n) is 3.26. The van der Waals surface area contributed by atoms with E-state index in [-0.39, 0.29) is 24.3 Å². The highest BCUT2D eigenvalue weighted by atomic mass is 16.6. The quantitative estimate of drug-likeness (QED) is 0.669. The number of urea groups is 1. The average molecular weight is 339 g/mol. The van der Waals surface area contributed by atoms with Gasteiger partial charge < -0.3 is 10.2 Å². The summed E-state index contributed by atoms with van der Waals surface area (Å²) in [4.78, 5) is 24.8. The minimum absolute atomic E-state index is 0.0369. The number of rotatable bonds is 5. The standard InChI is InChI=1S/C19H21N3O3/c23-19(20-14-16-8-4-9-18(13-16)22(24)25)21-11-5-10-17(21)12-15-6-2-1-3-7-15/h1-4,6-9,13,17H,5,10-12,14H2,(H,20,23). The van der Waals surface area contributed by atoms with E-state index in [4.69, 9.17) is 0 Å². The second-order valence-corrected chi connectivity index (χ2v) is 6.26. The predicted octanol–water partition coefficient (Wildman–Crippen LogP) is 3.51. The Labute approximate surface area is 146 Å². The van der Waals surface area contributed by atoms with Gasteiger partial charge in [-0.2, -0.15) is 0 Å². The van der Waals surface area contributed by atoms with Gasteiger partial charge in [0.05, 0.1) is 4.92 Å². The molecule has 2 amide bonds. The van der Waals surface area contributed by atoms with Crippen molar-refractivity contribution in [2.45, 2.75) is 31.8 Å². The molecule has 3 rings (SSSR count). The number of hydrogen-bond acceptors (Lipinski definition) is 3. The number of non-ortho nitro benzene ring substituents is 1. The van der Waals surface area contributed by atoms with E-state index >= 15 is 0 Å². The minimum atomic E-state index is -0.429. The van der Waals surface area contributed by atoms with E-state index in [0.29, 0.717) is 0 Å². The average Bonchev–Trinajstić information content (AvgIpc) is 3.09. The molecule has 1 atom stereocenters. The molecule has 2 aromatic carbocycles. The summed E-state index contributed by atoms with van der Waals surface area (Å²) in [7, 11) is 0. The lowest BCUT2D eigenvalue weighted by molar-refractivity contribution is -0.384. The normalized spacial score (nSPS) is 16.6. The summed E-state index contributed by atoms with van der Waals surface area (Å²) in [5.74, 6) is 0. The lowest BCUT2D eigenvalue weighted by atomic mass is 10.0. The van der Waals surface area contributed by atoms with E-state index in [0.717, 1.165) is 31.4 Å². The number of nitrogens with zero attached hydrogens (tertiary/aromatic N) is 2. The SMILES string of the molecule is O=C(NCc1cccc([N+](=O)[O-])c1)N1CCCC1Cc1ccccc1. The maximum atomic E-state index is 12.5. The third-order valence-corrected chi connectivity index (χ3v) is 4.52. The van der Waals surface area contributed by atoms with Crippen LogP contribution in [0.4, 0.5) is 10.5 Å². The number of likely N-dealkylation sites (tertiary alicyclic amines) is 1. The molecule has 0 bridgehead atoms. The topological polar surface area (TPSA) is 75.5 Å². The van der Waals surface area contributed by atoms with Crippen molar-refractivity contribution in [2.24, 2.45) is 0 Å². The first-order valence-electron chi connectivity index (χ1n) is 8.45. The summed E-state index contributed by atoms with van der Waals surface area (Å²) >= 11 is 0. The number of nitro benzene ring substituents is 1. The van der Waals surface area contributed by atoms with Crippen LogP contribution in [0, 0.1) is 10.1 Å². The molecular formula is C19H21N3O3. The molecule has 6 nitrogen and oxygen atoms in total. The lowest BCUT2D eigenvalue weighted by Gasteiger charge is -2.25. The molecule has 0 radical (unpaired) electrons. The lowest BCUT2D eigenvalue weighted by Crippen LogP contribution is -2.43. The molecule has 1 aliphatic rings. The van der Waals surface area contributed by atoms with E-state index in [2.05, 4.69) is 17.4 Å². The van der Waals surface area contributed by atoms with Crippen molar-refractivity contribution in [3.63, 3.8) is 0 Å². The highest BCUT2D eigenvalue weighted by Crippen LogP contribution is 2.21. The van der Waals surface area contributed by atoms with E-state index < -0.39 is 4.92 Å². The van der Waals surface area contributed by atoms with Crippen LogP contribution in [0.2, 0.25) is 0 Å². The minimum Gasteiger partial charge on any atom is -0.334 e. The number of nitro groups is 1. The summed E-state index contributed by atoms with van der Waals surface area (Å²) in [6.07, 6.45) is 2.85. The first kappa shape index (κ1) is 17.0. The number of benzene rings is 2. The Hall–Kier alpha value is -2.89. The van der Waals surface area contributed by atoms with Crippen LogP contribution < -0.4 is 5.32 Å². The number of carbonyl (C=O) groups is 1. The van der Waals surface area contributed by atoms with E-state index in [1.807, 2.05) is 23.1 Å². The fourth-order valence-corrected chi connectivity index (χ4v) is 3.26. The van der Waals surface area contributed by atoms with Crippen molar-refractivity contribution in [3.05, 3.63) is 75.8 Å². The second kappa shape index (κ2) is 7.79. The molecule has 130 valence electrons. The maximum Gasteiger partial charge on any atom is 0.317 e. The molecule has 1 N–H and O–H groups in total. The molecule has 25 heavy (non-hydrogen) atoms. The number of hydrogen-bond donors (Lipinski definition) is 1. The van der Waals surface area contributed by atoms with Gasteiger partial charge in [0.1, 0.15) is 0 Å². The molecule has 1 aliphatic heterocycles. The summed E-state index contributed by atoms with van der Waals surface area (Å²) in [5.41, 5.74) is 1.99. The second-order valence-electron chi connectivity index (χ2n) is 6.26. The molecule has 0 spiro atoms. The Morgan fingerprint density at radius 3 is 2.68 bits per heavy atom. The fraction of sp³-hybridized carbons (Fsp3) is 0.316. The van der Waals surface area contributed by atoms with Gasteiger partial charge in [0, 0.05) is 31.3 Å². The van der Waals surface area contributed by atoms with E-state index in [1.54, 1.807) is 12.1 Å². The van der Waals surface area contributed by atoms with Crippen molar-refractivity contribution in [1.29, 1.82) is 0 Å². The molecule has 1 fully saturated rings. The third-order valence-electron chi connectivity index (χ3n) is 4.52. The molecule has 0 aliphatic carbocycles. The van der Waals surface area contributed by atoms with Crippen molar-refractivity contribution in [1.82, 2.24) is 10.2 Å². The molecule has 0 aromatic heterocycles. The van der Waals surface area contributed by atoms with Crippen LogP contribution in [0.25, 0.3) is 0 Å². The van der Waals surface area contributed by atoms with Crippen LogP contribution in [0.5, 0.6) is 0 Å². The zero-order chi connectivity index (χ0) is 17.6. The van der Waals surface area contributed by atoms with Crippen LogP contribution in [-0.4, -0.2) is 28.4 Å². The monoisotopic (exact) mass is 339 g/mol. The van der Waals surface area contributed by atoms with Gasteiger partial charge in [0.25, 0.3) is 5.69 Å². The Bertz CT molecular complexity index is 749. The van der Waals surface area contributed by atoms with Crippen molar-refractivity contribution in [3.8, 4) is 0 Å². The molecule has 6 heteroatoms. The Morgan fingerprint density at radius 2 is 1.92 bits per heavy atom. The Balaban J connectivity index is 1.58. The third kappa shape index (κ3) is 4.35. The molecule has 1 saturated heterocycles. The zero-order valence-electron chi connectivity index (χ0n) is 13.9. The summed E-state index contributed by atoms with van der Waals surface area (Å²) < 4.78 is 0. The summed E-state index contributed by atoms with van der Waals surface area (Å²) in [6.45, 7) is 1.04.